The summed E-state index contributed by atoms with van der Waals surface area (Å²) in [5, 5.41) is 11.1. The molecule has 0 saturated carbocycles. The van der Waals surface area contributed by atoms with Gasteiger partial charge in [0, 0.05) is 4.90 Å². The molecule has 110 valence electrons. The van der Waals surface area contributed by atoms with Crippen LogP contribution in [0.3, 0.4) is 0 Å². The lowest BCUT2D eigenvalue weighted by molar-refractivity contribution is 0.0697. The third-order valence-corrected chi connectivity index (χ3v) is 4.86. The van der Waals surface area contributed by atoms with Gasteiger partial charge in [0.25, 0.3) is 0 Å². The van der Waals surface area contributed by atoms with Gasteiger partial charge in [-0.1, -0.05) is 42.5 Å². The molecule has 1 atom stereocenters. The first kappa shape index (κ1) is 14.5. The Balaban J connectivity index is 1.81. The van der Waals surface area contributed by atoms with E-state index in [4.69, 9.17) is 5.11 Å². The molecule has 0 radical (unpaired) electrons. The molecular formula is C18H14O3S. The second-order valence-electron chi connectivity index (χ2n) is 5.00. The highest BCUT2D eigenvalue weighted by Crippen LogP contribution is 2.20. The van der Waals surface area contributed by atoms with Gasteiger partial charge >= 0.3 is 5.97 Å². The van der Waals surface area contributed by atoms with E-state index >= 15 is 0 Å². The van der Waals surface area contributed by atoms with Crippen molar-refractivity contribution >= 4 is 27.5 Å². The van der Waals surface area contributed by atoms with Gasteiger partial charge in [0.2, 0.25) is 0 Å². The fraction of sp³-hybridized carbons (Fsp3) is 0.0556. The highest BCUT2D eigenvalue weighted by Gasteiger charge is 2.07. The molecule has 1 N–H and O–H groups in total. The minimum absolute atomic E-state index is 0.236. The molecule has 0 aliphatic carbocycles. The summed E-state index contributed by atoms with van der Waals surface area (Å²) in [5.41, 5.74) is 1.09. The number of rotatable bonds is 4. The zero-order chi connectivity index (χ0) is 15.5. The van der Waals surface area contributed by atoms with Crippen LogP contribution in [0.15, 0.2) is 71.6 Å². The van der Waals surface area contributed by atoms with E-state index in [-0.39, 0.29) is 5.56 Å². The van der Waals surface area contributed by atoms with Crippen LogP contribution in [0.2, 0.25) is 0 Å². The third-order valence-electron chi connectivity index (χ3n) is 3.48. The number of carboxylic acids is 1. The van der Waals surface area contributed by atoms with Crippen LogP contribution in [0.25, 0.3) is 10.8 Å². The predicted octanol–water partition coefficient (Wildman–Crippen LogP) is 3.85. The summed E-state index contributed by atoms with van der Waals surface area (Å²) in [7, 11) is -1.16. The van der Waals surface area contributed by atoms with Crippen LogP contribution in [0.4, 0.5) is 0 Å². The number of hydrogen-bond donors (Lipinski definition) is 1. The molecule has 0 saturated heterocycles. The van der Waals surface area contributed by atoms with Crippen molar-refractivity contribution in [2.45, 2.75) is 10.6 Å². The summed E-state index contributed by atoms with van der Waals surface area (Å²) >= 11 is 0. The maximum atomic E-state index is 12.5. The van der Waals surface area contributed by atoms with Crippen LogP contribution in [0.5, 0.6) is 0 Å². The SMILES string of the molecule is O=C(O)c1ccc(CS(=O)c2ccc3ccccc3c2)cc1. The lowest BCUT2D eigenvalue weighted by Gasteiger charge is -2.05. The Bertz CT molecular complexity index is 854. The number of benzene rings is 3. The van der Waals surface area contributed by atoms with Crippen molar-refractivity contribution in [3.05, 3.63) is 77.9 Å². The van der Waals surface area contributed by atoms with Crippen molar-refractivity contribution < 1.29 is 14.1 Å². The van der Waals surface area contributed by atoms with Gasteiger partial charge in [-0.05, 0) is 40.6 Å². The number of fused-ring (bicyclic) bond motifs is 1. The maximum absolute atomic E-state index is 12.5. The lowest BCUT2D eigenvalue weighted by atomic mass is 10.1. The number of carboxylic acid groups (broad SMARTS) is 1. The number of aromatic carboxylic acids is 1. The minimum atomic E-state index is -1.16. The molecule has 3 rings (SSSR count). The van der Waals surface area contributed by atoms with Crippen molar-refractivity contribution in [2.75, 3.05) is 0 Å². The Morgan fingerprint density at radius 3 is 2.27 bits per heavy atom. The van der Waals surface area contributed by atoms with Gasteiger partial charge in [-0.15, -0.1) is 0 Å². The standard InChI is InChI=1S/C18H14O3S/c19-18(20)15-7-5-13(6-8-15)12-22(21)17-10-9-14-3-1-2-4-16(14)11-17/h1-11H,12H2,(H,19,20). The first-order valence-corrected chi connectivity index (χ1v) is 8.15. The van der Waals surface area contributed by atoms with Crippen LogP contribution in [0, 0.1) is 0 Å². The van der Waals surface area contributed by atoms with Crippen molar-refractivity contribution in [2.24, 2.45) is 0 Å². The first-order chi connectivity index (χ1) is 10.6. The Hall–Kier alpha value is -2.46. The normalized spacial score (nSPS) is 12.2. The number of carbonyl (C=O) groups is 1. The second kappa shape index (κ2) is 6.12. The zero-order valence-electron chi connectivity index (χ0n) is 11.7. The van der Waals surface area contributed by atoms with E-state index in [1.807, 2.05) is 42.5 Å². The summed E-state index contributed by atoms with van der Waals surface area (Å²) < 4.78 is 12.5. The van der Waals surface area contributed by atoms with Gasteiger partial charge in [-0.3, -0.25) is 4.21 Å². The first-order valence-electron chi connectivity index (χ1n) is 6.83. The smallest absolute Gasteiger partial charge is 0.335 e. The van der Waals surface area contributed by atoms with E-state index < -0.39 is 16.8 Å². The molecule has 0 aliphatic rings. The largest absolute Gasteiger partial charge is 0.478 e. The molecule has 0 aromatic heterocycles. The molecule has 0 spiro atoms. The Morgan fingerprint density at radius 2 is 1.59 bits per heavy atom. The molecule has 0 aliphatic heterocycles. The van der Waals surface area contributed by atoms with E-state index in [1.54, 1.807) is 12.1 Å². The molecule has 0 amide bonds. The highest BCUT2D eigenvalue weighted by atomic mass is 32.2. The molecule has 22 heavy (non-hydrogen) atoms. The zero-order valence-corrected chi connectivity index (χ0v) is 12.5. The molecule has 0 bridgehead atoms. The van der Waals surface area contributed by atoms with Crippen molar-refractivity contribution in [3.63, 3.8) is 0 Å². The molecule has 3 aromatic carbocycles. The van der Waals surface area contributed by atoms with Crippen molar-refractivity contribution in [3.8, 4) is 0 Å². The topological polar surface area (TPSA) is 54.4 Å². The van der Waals surface area contributed by atoms with Gasteiger partial charge < -0.3 is 5.11 Å². The second-order valence-corrected chi connectivity index (χ2v) is 6.45. The minimum Gasteiger partial charge on any atom is -0.478 e. The molecule has 4 heteroatoms. The molecule has 0 fully saturated rings. The third kappa shape index (κ3) is 3.07. The van der Waals surface area contributed by atoms with Gasteiger partial charge in [-0.2, -0.15) is 0 Å². The molecule has 1 unspecified atom stereocenters. The lowest BCUT2D eigenvalue weighted by Crippen LogP contribution is -1.99. The summed E-state index contributed by atoms with van der Waals surface area (Å²) in [6.45, 7) is 0. The van der Waals surface area contributed by atoms with Gasteiger partial charge in [0.1, 0.15) is 0 Å². The van der Waals surface area contributed by atoms with Gasteiger partial charge in [0.15, 0.2) is 0 Å². The average Bonchev–Trinajstić information content (AvgIpc) is 2.55. The maximum Gasteiger partial charge on any atom is 0.335 e. The highest BCUT2D eigenvalue weighted by molar-refractivity contribution is 7.84. The van der Waals surface area contributed by atoms with Gasteiger partial charge in [0.05, 0.1) is 22.1 Å². The Morgan fingerprint density at radius 1 is 0.909 bits per heavy atom. The number of hydrogen-bond acceptors (Lipinski definition) is 2. The molecule has 3 nitrogen and oxygen atoms in total. The Labute approximate surface area is 130 Å². The summed E-state index contributed by atoms with van der Waals surface area (Å²) in [5.74, 6) is -0.583. The van der Waals surface area contributed by atoms with Gasteiger partial charge in [-0.25, -0.2) is 4.79 Å². The van der Waals surface area contributed by atoms with E-state index in [0.29, 0.717) is 5.75 Å². The molecule has 0 heterocycles. The monoisotopic (exact) mass is 310 g/mol. The van der Waals surface area contributed by atoms with Crippen LogP contribution in [-0.4, -0.2) is 15.3 Å². The molecule has 3 aromatic rings. The fourth-order valence-electron chi connectivity index (χ4n) is 2.29. The summed E-state index contributed by atoms with van der Waals surface area (Å²) in [6.07, 6.45) is 0. The van der Waals surface area contributed by atoms with Crippen molar-refractivity contribution in [1.29, 1.82) is 0 Å². The van der Waals surface area contributed by atoms with E-state index in [1.165, 1.54) is 12.1 Å². The van der Waals surface area contributed by atoms with Crippen LogP contribution in [0.1, 0.15) is 15.9 Å². The predicted molar refractivity (Wildman–Crippen MR) is 87.5 cm³/mol. The molecular weight excluding hydrogens is 296 g/mol. The van der Waals surface area contributed by atoms with Crippen LogP contribution in [-0.2, 0) is 16.6 Å². The van der Waals surface area contributed by atoms with E-state index in [0.717, 1.165) is 21.2 Å². The fourth-order valence-corrected chi connectivity index (χ4v) is 3.43. The van der Waals surface area contributed by atoms with E-state index in [2.05, 4.69) is 0 Å². The quantitative estimate of drug-likeness (QED) is 0.796. The summed E-state index contributed by atoms with van der Waals surface area (Å²) in [4.78, 5) is 11.6. The van der Waals surface area contributed by atoms with E-state index in [9.17, 15) is 9.00 Å². The van der Waals surface area contributed by atoms with Crippen LogP contribution >= 0.6 is 0 Å². The Kier molecular flexibility index (Phi) is 4.02. The summed E-state index contributed by atoms with van der Waals surface area (Å²) in [6, 6.07) is 20.2. The van der Waals surface area contributed by atoms with Crippen LogP contribution < -0.4 is 0 Å². The van der Waals surface area contributed by atoms with Crippen molar-refractivity contribution in [1.82, 2.24) is 0 Å². The average molecular weight is 310 g/mol.